The molecule has 1 unspecified atom stereocenters. The molecular formula is C20H20FN3O. The SMILES string of the molecule is Cc1cccnc1C(NC(=O)c1cc2c(F)ccc(C)c2[nH]1)C1CC1. The lowest BCUT2D eigenvalue weighted by Crippen LogP contribution is -2.31. The highest BCUT2D eigenvalue weighted by Crippen LogP contribution is 2.41. The van der Waals surface area contributed by atoms with Gasteiger partial charge in [0.2, 0.25) is 0 Å². The van der Waals surface area contributed by atoms with Gasteiger partial charge in [-0.1, -0.05) is 12.1 Å². The largest absolute Gasteiger partial charge is 0.350 e. The first-order chi connectivity index (χ1) is 12.0. The number of fused-ring (bicyclic) bond motifs is 1. The van der Waals surface area contributed by atoms with Crippen molar-refractivity contribution < 1.29 is 9.18 Å². The maximum Gasteiger partial charge on any atom is 0.268 e. The molecule has 0 radical (unpaired) electrons. The summed E-state index contributed by atoms with van der Waals surface area (Å²) in [5.41, 5.74) is 3.94. The molecule has 0 bridgehead atoms. The lowest BCUT2D eigenvalue weighted by Gasteiger charge is -2.19. The molecule has 1 atom stereocenters. The molecule has 128 valence electrons. The Morgan fingerprint density at radius 3 is 2.76 bits per heavy atom. The number of hydrogen-bond donors (Lipinski definition) is 2. The van der Waals surface area contributed by atoms with Crippen LogP contribution in [0.3, 0.4) is 0 Å². The number of pyridine rings is 1. The fourth-order valence-corrected chi connectivity index (χ4v) is 3.33. The Hall–Kier alpha value is -2.69. The highest BCUT2D eigenvalue weighted by Gasteiger charge is 2.35. The zero-order valence-electron chi connectivity index (χ0n) is 14.3. The summed E-state index contributed by atoms with van der Waals surface area (Å²) < 4.78 is 14.0. The highest BCUT2D eigenvalue weighted by molar-refractivity contribution is 5.99. The Kier molecular flexibility index (Phi) is 3.79. The van der Waals surface area contributed by atoms with Crippen LogP contribution in [0.5, 0.6) is 0 Å². The van der Waals surface area contributed by atoms with Gasteiger partial charge in [-0.2, -0.15) is 0 Å². The Labute approximate surface area is 145 Å². The predicted molar refractivity (Wildman–Crippen MR) is 94.9 cm³/mol. The Bertz CT molecular complexity index is 920. The standard InChI is InChI=1S/C20H20FN3O/c1-11-4-3-9-22-18(11)19(13-6-7-13)24-20(25)16-10-14-15(21)8-5-12(2)17(14)23-16/h3-5,8-10,13,19,23H,6-7H2,1-2H3,(H,24,25). The molecule has 5 heteroatoms. The van der Waals surface area contributed by atoms with Crippen LogP contribution in [-0.2, 0) is 0 Å². The first-order valence-electron chi connectivity index (χ1n) is 8.55. The molecule has 1 fully saturated rings. The Morgan fingerprint density at radius 1 is 1.28 bits per heavy atom. The fraction of sp³-hybridized carbons (Fsp3) is 0.300. The second-order valence-corrected chi connectivity index (χ2v) is 6.83. The van der Waals surface area contributed by atoms with Crippen LogP contribution in [0.25, 0.3) is 10.9 Å². The van der Waals surface area contributed by atoms with Gasteiger partial charge in [-0.25, -0.2) is 4.39 Å². The number of H-pyrrole nitrogens is 1. The van der Waals surface area contributed by atoms with E-state index < -0.39 is 0 Å². The van der Waals surface area contributed by atoms with Crippen LogP contribution in [0.15, 0.2) is 36.5 Å². The number of carbonyl (C=O) groups is 1. The van der Waals surface area contributed by atoms with Gasteiger partial charge in [-0.3, -0.25) is 9.78 Å². The van der Waals surface area contributed by atoms with Crippen molar-refractivity contribution >= 4 is 16.8 Å². The lowest BCUT2D eigenvalue weighted by molar-refractivity contribution is 0.0926. The van der Waals surface area contributed by atoms with Gasteiger partial charge in [0, 0.05) is 11.6 Å². The zero-order valence-corrected chi connectivity index (χ0v) is 14.3. The molecule has 4 rings (SSSR count). The summed E-state index contributed by atoms with van der Waals surface area (Å²) in [6, 6.07) is 8.52. The normalized spacial score (nSPS) is 15.3. The fourth-order valence-electron chi connectivity index (χ4n) is 3.33. The topological polar surface area (TPSA) is 57.8 Å². The summed E-state index contributed by atoms with van der Waals surface area (Å²) in [6.45, 7) is 3.90. The van der Waals surface area contributed by atoms with E-state index in [0.29, 0.717) is 22.5 Å². The van der Waals surface area contributed by atoms with E-state index in [-0.39, 0.29) is 17.8 Å². The molecule has 25 heavy (non-hydrogen) atoms. The molecule has 1 aliphatic rings. The van der Waals surface area contributed by atoms with Gasteiger partial charge in [0.25, 0.3) is 5.91 Å². The van der Waals surface area contributed by atoms with Gasteiger partial charge in [0.15, 0.2) is 0 Å². The summed E-state index contributed by atoms with van der Waals surface area (Å²) in [5, 5.41) is 3.54. The van der Waals surface area contributed by atoms with Crippen molar-refractivity contribution in [1.82, 2.24) is 15.3 Å². The summed E-state index contributed by atoms with van der Waals surface area (Å²) in [5.74, 6) is -0.132. The van der Waals surface area contributed by atoms with Crippen molar-refractivity contribution in [3.05, 3.63) is 64.9 Å². The van der Waals surface area contributed by atoms with E-state index in [2.05, 4.69) is 15.3 Å². The van der Waals surface area contributed by atoms with Gasteiger partial charge in [0.05, 0.1) is 17.3 Å². The van der Waals surface area contributed by atoms with Gasteiger partial charge in [-0.05, 0) is 61.9 Å². The third kappa shape index (κ3) is 2.90. The smallest absolute Gasteiger partial charge is 0.268 e. The van der Waals surface area contributed by atoms with E-state index in [9.17, 15) is 9.18 Å². The minimum Gasteiger partial charge on any atom is -0.350 e. The van der Waals surface area contributed by atoms with Crippen molar-refractivity contribution in [3.63, 3.8) is 0 Å². The second kappa shape index (κ2) is 5.99. The van der Waals surface area contributed by atoms with Crippen molar-refractivity contribution in [1.29, 1.82) is 0 Å². The maximum atomic E-state index is 14.0. The molecule has 0 spiro atoms. The minimum atomic E-state index is -0.324. The van der Waals surface area contributed by atoms with Gasteiger partial charge >= 0.3 is 0 Å². The Morgan fingerprint density at radius 2 is 2.08 bits per heavy atom. The van der Waals surface area contributed by atoms with Crippen LogP contribution in [0, 0.1) is 25.6 Å². The van der Waals surface area contributed by atoms with Crippen LogP contribution >= 0.6 is 0 Å². The third-order valence-electron chi connectivity index (χ3n) is 4.92. The molecule has 2 aromatic heterocycles. The molecular weight excluding hydrogens is 317 g/mol. The van der Waals surface area contributed by atoms with Crippen molar-refractivity contribution in [3.8, 4) is 0 Å². The van der Waals surface area contributed by atoms with Gasteiger partial charge in [-0.15, -0.1) is 0 Å². The molecule has 1 saturated carbocycles. The van der Waals surface area contributed by atoms with Crippen molar-refractivity contribution in [2.45, 2.75) is 32.7 Å². The number of aromatic amines is 1. The van der Waals surface area contributed by atoms with Crippen molar-refractivity contribution in [2.75, 3.05) is 0 Å². The van der Waals surface area contributed by atoms with E-state index in [4.69, 9.17) is 0 Å². The monoisotopic (exact) mass is 337 g/mol. The molecule has 3 aromatic rings. The molecule has 2 N–H and O–H groups in total. The average Bonchev–Trinajstić information content (AvgIpc) is 3.33. The van der Waals surface area contributed by atoms with Crippen molar-refractivity contribution in [2.24, 2.45) is 5.92 Å². The number of aryl methyl sites for hydroxylation is 2. The van der Waals surface area contributed by atoms with E-state index in [1.54, 1.807) is 18.3 Å². The predicted octanol–water partition coefficient (Wildman–Crippen LogP) is 4.20. The van der Waals surface area contributed by atoms with Crippen LogP contribution in [0.4, 0.5) is 4.39 Å². The quantitative estimate of drug-likeness (QED) is 0.749. The number of benzene rings is 1. The van der Waals surface area contributed by atoms with Crippen LogP contribution in [0.2, 0.25) is 0 Å². The van der Waals surface area contributed by atoms with E-state index in [1.165, 1.54) is 6.07 Å². The van der Waals surface area contributed by atoms with E-state index in [1.807, 2.05) is 26.0 Å². The summed E-state index contributed by atoms with van der Waals surface area (Å²) in [6.07, 6.45) is 3.92. The average molecular weight is 337 g/mol. The molecule has 2 heterocycles. The summed E-state index contributed by atoms with van der Waals surface area (Å²) >= 11 is 0. The highest BCUT2D eigenvalue weighted by atomic mass is 19.1. The van der Waals surface area contributed by atoms with Crippen LogP contribution < -0.4 is 5.32 Å². The number of amides is 1. The molecule has 1 amide bonds. The molecule has 0 saturated heterocycles. The number of rotatable bonds is 4. The first-order valence-corrected chi connectivity index (χ1v) is 8.55. The number of carbonyl (C=O) groups excluding carboxylic acids is 1. The third-order valence-corrected chi connectivity index (χ3v) is 4.92. The number of hydrogen-bond acceptors (Lipinski definition) is 2. The first kappa shape index (κ1) is 15.8. The second-order valence-electron chi connectivity index (χ2n) is 6.83. The Balaban J connectivity index is 1.65. The number of nitrogens with zero attached hydrogens (tertiary/aromatic N) is 1. The van der Waals surface area contributed by atoms with E-state index in [0.717, 1.165) is 29.7 Å². The van der Waals surface area contributed by atoms with Crippen LogP contribution in [-0.4, -0.2) is 15.9 Å². The maximum absolute atomic E-state index is 14.0. The zero-order chi connectivity index (χ0) is 17.6. The van der Waals surface area contributed by atoms with E-state index >= 15 is 0 Å². The van der Waals surface area contributed by atoms with Gasteiger partial charge in [0.1, 0.15) is 11.5 Å². The molecule has 1 aromatic carbocycles. The van der Waals surface area contributed by atoms with Gasteiger partial charge < -0.3 is 10.3 Å². The number of aromatic nitrogens is 2. The van der Waals surface area contributed by atoms with Crippen LogP contribution in [0.1, 0.15) is 46.2 Å². The summed E-state index contributed by atoms with van der Waals surface area (Å²) in [4.78, 5) is 20.3. The molecule has 0 aliphatic heterocycles. The minimum absolute atomic E-state index is 0.106. The number of halogens is 1. The lowest BCUT2D eigenvalue weighted by atomic mass is 10.0. The number of nitrogens with one attached hydrogen (secondary N) is 2. The molecule has 4 nitrogen and oxygen atoms in total. The molecule has 1 aliphatic carbocycles. The summed E-state index contributed by atoms with van der Waals surface area (Å²) in [7, 11) is 0.